The lowest BCUT2D eigenvalue weighted by molar-refractivity contribution is 0.0889. The van der Waals surface area contributed by atoms with E-state index in [1.165, 1.54) is 6.07 Å². The normalized spacial score (nSPS) is 23.7. The predicted molar refractivity (Wildman–Crippen MR) is 65.6 cm³/mol. The Hall–Kier alpha value is -0.840. The topological polar surface area (TPSA) is 51.2 Å². The molecule has 17 heavy (non-hydrogen) atoms. The van der Waals surface area contributed by atoms with E-state index in [1.54, 1.807) is 6.07 Å². The molecule has 1 amide bonds. The average molecular weight is 275 g/mol. The highest BCUT2D eigenvalue weighted by Gasteiger charge is 2.32. The molecule has 1 aromatic rings. The van der Waals surface area contributed by atoms with Gasteiger partial charge in [0.25, 0.3) is 5.91 Å². The number of rotatable bonds is 2. The van der Waals surface area contributed by atoms with E-state index in [0.29, 0.717) is 18.8 Å². The third kappa shape index (κ3) is 2.89. The number of nitrogens with zero attached hydrogens (tertiary/aromatic N) is 1. The lowest BCUT2D eigenvalue weighted by atomic mass is 10.0. The molecular formula is C11H12Cl2N2O2. The van der Waals surface area contributed by atoms with Gasteiger partial charge in [-0.3, -0.25) is 4.79 Å². The molecular weight excluding hydrogens is 263 g/mol. The SMILES string of the molecule is CC1(NC(=O)c2ccc(Cl)nc2Cl)CCOC1. The Kier molecular flexibility index (Phi) is 3.56. The minimum atomic E-state index is -0.333. The Balaban J connectivity index is 2.14. The Labute approximate surface area is 109 Å². The van der Waals surface area contributed by atoms with E-state index in [4.69, 9.17) is 27.9 Å². The van der Waals surface area contributed by atoms with Gasteiger partial charge in [-0.05, 0) is 25.5 Å². The van der Waals surface area contributed by atoms with Gasteiger partial charge in [-0.25, -0.2) is 4.98 Å². The number of carbonyl (C=O) groups is 1. The van der Waals surface area contributed by atoms with Crippen LogP contribution in [0.25, 0.3) is 0 Å². The number of carbonyl (C=O) groups excluding carboxylic acids is 1. The zero-order chi connectivity index (χ0) is 12.5. The highest BCUT2D eigenvalue weighted by molar-refractivity contribution is 6.34. The standard InChI is InChI=1S/C11H12Cl2N2O2/c1-11(4-5-17-6-11)15-10(16)7-2-3-8(12)14-9(7)13/h2-3H,4-6H2,1H3,(H,15,16). The molecule has 0 aromatic carbocycles. The lowest BCUT2D eigenvalue weighted by Crippen LogP contribution is -2.46. The minimum Gasteiger partial charge on any atom is -0.379 e. The van der Waals surface area contributed by atoms with Crippen LogP contribution in [0.1, 0.15) is 23.7 Å². The first-order valence-electron chi connectivity index (χ1n) is 5.22. The summed E-state index contributed by atoms with van der Waals surface area (Å²) in [5, 5.41) is 3.27. The molecule has 6 heteroatoms. The van der Waals surface area contributed by atoms with E-state index in [0.717, 1.165) is 6.42 Å². The lowest BCUT2D eigenvalue weighted by Gasteiger charge is -2.23. The van der Waals surface area contributed by atoms with Crippen LogP contribution in [0, 0.1) is 0 Å². The molecule has 4 nitrogen and oxygen atoms in total. The van der Waals surface area contributed by atoms with Gasteiger partial charge in [-0.15, -0.1) is 0 Å². The van der Waals surface area contributed by atoms with Crippen LogP contribution in [0.15, 0.2) is 12.1 Å². The van der Waals surface area contributed by atoms with Crippen LogP contribution in [0.3, 0.4) is 0 Å². The van der Waals surface area contributed by atoms with Crippen LogP contribution in [-0.4, -0.2) is 29.6 Å². The zero-order valence-corrected chi connectivity index (χ0v) is 10.8. The summed E-state index contributed by atoms with van der Waals surface area (Å²) < 4.78 is 5.26. The molecule has 0 radical (unpaired) electrons. The molecule has 1 saturated heterocycles. The fourth-order valence-corrected chi connectivity index (χ4v) is 2.12. The van der Waals surface area contributed by atoms with E-state index in [9.17, 15) is 4.79 Å². The van der Waals surface area contributed by atoms with Crippen LogP contribution >= 0.6 is 23.2 Å². The number of hydrogen-bond donors (Lipinski definition) is 1. The van der Waals surface area contributed by atoms with Gasteiger partial charge in [-0.1, -0.05) is 23.2 Å². The first-order valence-corrected chi connectivity index (χ1v) is 5.98. The third-order valence-corrected chi connectivity index (χ3v) is 3.19. The van der Waals surface area contributed by atoms with Gasteiger partial charge < -0.3 is 10.1 Å². The van der Waals surface area contributed by atoms with Gasteiger partial charge in [0.2, 0.25) is 0 Å². The van der Waals surface area contributed by atoms with Gasteiger partial charge >= 0.3 is 0 Å². The van der Waals surface area contributed by atoms with Crippen molar-refractivity contribution in [2.24, 2.45) is 0 Å². The summed E-state index contributed by atoms with van der Waals surface area (Å²) in [6.45, 7) is 3.11. The summed E-state index contributed by atoms with van der Waals surface area (Å²) >= 11 is 11.5. The number of hydrogen-bond acceptors (Lipinski definition) is 3. The van der Waals surface area contributed by atoms with Crippen molar-refractivity contribution in [3.05, 3.63) is 28.0 Å². The van der Waals surface area contributed by atoms with Crippen molar-refractivity contribution in [2.45, 2.75) is 18.9 Å². The third-order valence-electron chi connectivity index (χ3n) is 2.69. The highest BCUT2D eigenvalue weighted by atomic mass is 35.5. The van der Waals surface area contributed by atoms with Crippen LogP contribution < -0.4 is 5.32 Å². The summed E-state index contributed by atoms with van der Waals surface area (Å²) in [4.78, 5) is 15.8. The van der Waals surface area contributed by atoms with Gasteiger partial charge in [0.15, 0.2) is 0 Å². The molecule has 0 saturated carbocycles. The summed E-state index contributed by atoms with van der Waals surface area (Å²) in [6, 6.07) is 3.10. The molecule has 0 spiro atoms. The molecule has 0 bridgehead atoms. The number of aromatic nitrogens is 1. The molecule has 1 aliphatic rings. The summed E-state index contributed by atoms with van der Waals surface area (Å²) in [6.07, 6.45) is 0.789. The fourth-order valence-electron chi connectivity index (χ4n) is 1.69. The number of ether oxygens (including phenoxy) is 1. The molecule has 1 fully saturated rings. The minimum absolute atomic E-state index is 0.109. The van der Waals surface area contributed by atoms with Crippen molar-refractivity contribution in [3.8, 4) is 0 Å². The summed E-state index contributed by atoms with van der Waals surface area (Å²) in [7, 11) is 0. The quantitative estimate of drug-likeness (QED) is 0.842. The van der Waals surface area contributed by atoms with E-state index < -0.39 is 0 Å². The average Bonchev–Trinajstić information content (AvgIpc) is 2.64. The zero-order valence-electron chi connectivity index (χ0n) is 9.30. The largest absolute Gasteiger partial charge is 0.379 e. The van der Waals surface area contributed by atoms with Crippen LogP contribution in [0.2, 0.25) is 10.3 Å². The van der Waals surface area contributed by atoms with Gasteiger partial charge in [0.1, 0.15) is 10.3 Å². The maximum absolute atomic E-state index is 12.0. The molecule has 1 unspecified atom stereocenters. The van der Waals surface area contributed by atoms with Crippen molar-refractivity contribution in [3.63, 3.8) is 0 Å². The van der Waals surface area contributed by atoms with Gasteiger partial charge in [0, 0.05) is 6.61 Å². The van der Waals surface area contributed by atoms with E-state index in [-0.39, 0.29) is 21.8 Å². The number of pyridine rings is 1. The maximum Gasteiger partial charge on any atom is 0.254 e. The Morgan fingerprint density at radius 3 is 2.88 bits per heavy atom. The van der Waals surface area contributed by atoms with Gasteiger partial charge in [-0.2, -0.15) is 0 Å². The second-order valence-electron chi connectivity index (χ2n) is 4.29. The number of amides is 1. The van der Waals surface area contributed by atoms with Crippen LogP contribution in [0.5, 0.6) is 0 Å². The second kappa shape index (κ2) is 4.80. The molecule has 92 valence electrons. The Morgan fingerprint density at radius 1 is 1.53 bits per heavy atom. The number of halogens is 2. The van der Waals surface area contributed by atoms with E-state index in [1.807, 2.05) is 6.92 Å². The van der Waals surface area contributed by atoms with Crippen LogP contribution in [0.4, 0.5) is 0 Å². The molecule has 1 atom stereocenters. The van der Waals surface area contributed by atoms with E-state index >= 15 is 0 Å². The first kappa shape index (κ1) is 12.6. The molecule has 2 rings (SSSR count). The van der Waals surface area contributed by atoms with Crippen molar-refractivity contribution in [2.75, 3.05) is 13.2 Å². The van der Waals surface area contributed by atoms with Crippen molar-refractivity contribution >= 4 is 29.1 Å². The van der Waals surface area contributed by atoms with E-state index in [2.05, 4.69) is 10.3 Å². The Bertz CT molecular complexity index is 445. The molecule has 0 aliphatic carbocycles. The second-order valence-corrected chi connectivity index (χ2v) is 5.03. The molecule has 2 heterocycles. The Morgan fingerprint density at radius 2 is 2.29 bits per heavy atom. The van der Waals surface area contributed by atoms with Crippen molar-refractivity contribution < 1.29 is 9.53 Å². The maximum atomic E-state index is 12.0. The smallest absolute Gasteiger partial charge is 0.254 e. The predicted octanol–water partition coefficient (Wildman–Crippen LogP) is 2.30. The summed E-state index contributed by atoms with van der Waals surface area (Å²) in [5.41, 5.74) is -0.00996. The molecule has 1 N–H and O–H groups in total. The fraction of sp³-hybridized carbons (Fsp3) is 0.455. The first-order chi connectivity index (χ1) is 8.00. The van der Waals surface area contributed by atoms with Crippen molar-refractivity contribution in [1.29, 1.82) is 0 Å². The van der Waals surface area contributed by atoms with Crippen LogP contribution in [-0.2, 0) is 4.74 Å². The van der Waals surface area contributed by atoms with Gasteiger partial charge in [0.05, 0.1) is 17.7 Å². The molecule has 1 aliphatic heterocycles. The molecule has 1 aromatic heterocycles. The number of nitrogens with one attached hydrogen (secondary N) is 1. The summed E-state index contributed by atoms with van der Waals surface area (Å²) in [5.74, 6) is -0.257. The highest BCUT2D eigenvalue weighted by Crippen LogP contribution is 2.21. The van der Waals surface area contributed by atoms with Crippen molar-refractivity contribution in [1.82, 2.24) is 10.3 Å². The monoisotopic (exact) mass is 274 g/mol.